The number of anilines is 2. The highest BCUT2D eigenvalue weighted by molar-refractivity contribution is 5.39. The molecule has 0 radical (unpaired) electrons. The van der Waals surface area contributed by atoms with Gasteiger partial charge in [-0.05, 0) is 18.4 Å². The normalized spacial score (nSPS) is 10.2. The van der Waals surface area contributed by atoms with Crippen LogP contribution in [0, 0.1) is 5.92 Å². The Morgan fingerprint density at radius 2 is 2.25 bits per heavy atom. The van der Waals surface area contributed by atoms with Crippen LogP contribution in [0.15, 0.2) is 24.9 Å². The first-order chi connectivity index (χ1) is 7.72. The number of rotatable bonds is 7. The van der Waals surface area contributed by atoms with Gasteiger partial charge in [-0.15, -0.1) is 6.58 Å². The van der Waals surface area contributed by atoms with E-state index in [1.165, 1.54) is 0 Å². The van der Waals surface area contributed by atoms with Crippen molar-refractivity contribution in [3.63, 3.8) is 0 Å². The minimum Gasteiger partial charge on any atom is -0.366 e. The molecule has 0 fully saturated rings. The van der Waals surface area contributed by atoms with Gasteiger partial charge in [-0.25, -0.2) is 4.98 Å². The van der Waals surface area contributed by atoms with Crippen LogP contribution >= 0.6 is 0 Å². The summed E-state index contributed by atoms with van der Waals surface area (Å²) in [6, 6.07) is 1.84. The van der Waals surface area contributed by atoms with E-state index in [0.717, 1.165) is 18.8 Å². The lowest BCUT2D eigenvalue weighted by molar-refractivity contribution is 0.606. The van der Waals surface area contributed by atoms with Crippen molar-refractivity contribution in [3.8, 4) is 0 Å². The van der Waals surface area contributed by atoms with E-state index in [9.17, 15) is 0 Å². The molecule has 1 heterocycles. The smallest absolute Gasteiger partial charge is 0.224 e. The van der Waals surface area contributed by atoms with Crippen LogP contribution in [-0.4, -0.2) is 23.1 Å². The highest BCUT2D eigenvalue weighted by Gasteiger charge is 1.98. The van der Waals surface area contributed by atoms with Crippen LogP contribution in [0.2, 0.25) is 0 Å². The maximum Gasteiger partial charge on any atom is 0.224 e. The first-order valence-corrected chi connectivity index (χ1v) is 5.64. The molecule has 0 aliphatic rings. The highest BCUT2D eigenvalue weighted by atomic mass is 15.1. The molecule has 1 rings (SSSR count). The van der Waals surface area contributed by atoms with Gasteiger partial charge in [0.25, 0.3) is 0 Å². The second kappa shape index (κ2) is 6.82. The average Bonchev–Trinajstić information content (AvgIpc) is 2.26. The fraction of sp³-hybridized carbons (Fsp3) is 0.500. The number of nitrogens with zero attached hydrogens (tertiary/aromatic N) is 2. The molecule has 4 nitrogen and oxygen atoms in total. The van der Waals surface area contributed by atoms with Gasteiger partial charge in [-0.2, -0.15) is 4.98 Å². The van der Waals surface area contributed by atoms with Gasteiger partial charge in [0.15, 0.2) is 0 Å². The number of nitrogens with one attached hydrogen (secondary N) is 2. The molecule has 0 aliphatic carbocycles. The third-order valence-electron chi connectivity index (χ3n) is 2.09. The molecule has 88 valence electrons. The van der Waals surface area contributed by atoms with Crippen molar-refractivity contribution in [2.24, 2.45) is 5.92 Å². The fourth-order valence-electron chi connectivity index (χ4n) is 1.19. The molecule has 0 spiro atoms. The molecule has 0 atom stereocenters. The summed E-state index contributed by atoms with van der Waals surface area (Å²) in [7, 11) is 0. The van der Waals surface area contributed by atoms with E-state index in [4.69, 9.17) is 0 Å². The third-order valence-corrected chi connectivity index (χ3v) is 2.09. The molecule has 0 aliphatic heterocycles. The van der Waals surface area contributed by atoms with Gasteiger partial charge in [-0.1, -0.05) is 19.9 Å². The van der Waals surface area contributed by atoms with Gasteiger partial charge in [0.1, 0.15) is 5.82 Å². The average molecular weight is 220 g/mol. The SMILES string of the molecule is C=CCNc1ccnc(NCCC(C)C)n1. The van der Waals surface area contributed by atoms with Crippen LogP contribution in [0.1, 0.15) is 20.3 Å². The van der Waals surface area contributed by atoms with Crippen LogP contribution in [-0.2, 0) is 0 Å². The number of hydrogen-bond acceptors (Lipinski definition) is 4. The van der Waals surface area contributed by atoms with Crippen LogP contribution in [0.4, 0.5) is 11.8 Å². The standard InChI is InChI=1S/C12H20N4/c1-4-7-13-11-6-9-15-12(16-11)14-8-5-10(2)3/h4,6,9-10H,1,5,7-8H2,2-3H3,(H2,13,14,15,16). The topological polar surface area (TPSA) is 49.8 Å². The predicted molar refractivity (Wildman–Crippen MR) is 68.7 cm³/mol. The van der Waals surface area contributed by atoms with Gasteiger partial charge in [-0.3, -0.25) is 0 Å². The number of hydrogen-bond donors (Lipinski definition) is 2. The lowest BCUT2D eigenvalue weighted by Gasteiger charge is -2.08. The summed E-state index contributed by atoms with van der Waals surface area (Å²) in [5.41, 5.74) is 0. The first-order valence-electron chi connectivity index (χ1n) is 5.64. The zero-order valence-electron chi connectivity index (χ0n) is 10.0. The van der Waals surface area contributed by atoms with Gasteiger partial charge in [0.2, 0.25) is 5.95 Å². The van der Waals surface area contributed by atoms with Gasteiger partial charge >= 0.3 is 0 Å². The van der Waals surface area contributed by atoms with Crippen molar-refractivity contribution in [1.29, 1.82) is 0 Å². The molecule has 0 aromatic carbocycles. The van der Waals surface area contributed by atoms with Crippen molar-refractivity contribution < 1.29 is 0 Å². The fourth-order valence-corrected chi connectivity index (χ4v) is 1.19. The summed E-state index contributed by atoms with van der Waals surface area (Å²) < 4.78 is 0. The van der Waals surface area contributed by atoms with Crippen molar-refractivity contribution in [2.45, 2.75) is 20.3 Å². The Morgan fingerprint density at radius 3 is 2.94 bits per heavy atom. The molecular formula is C12H20N4. The van der Waals surface area contributed by atoms with Crippen molar-refractivity contribution in [2.75, 3.05) is 23.7 Å². The molecule has 4 heteroatoms. The summed E-state index contributed by atoms with van der Waals surface area (Å²) in [6.45, 7) is 9.66. The van der Waals surface area contributed by atoms with E-state index in [0.29, 0.717) is 18.4 Å². The van der Waals surface area contributed by atoms with Crippen LogP contribution < -0.4 is 10.6 Å². The highest BCUT2D eigenvalue weighted by Crippen LogP contribution is 2.06. The summed E-state index contributed by atoms with van der Waals surface area (Å²) in [5, 5.41) is 6.33. The van der Waals surface area contributed by atoms with E-state index < -0.39 is 0 Å². The molecule has 0 saturated heterocycles. The Bertz CT molecular complexity index is 323. The third kappa shape index (κ3) is 4.77. The quantitative estimate of drug-likeness (QED) is 0.693. The maximum atomic E-state index is 4.33. The van der Waals surface area contributed by atoms with E-state index in [-0.39, 0.29) is 0 Å². The minimum absolute atomic E-state index is 0.676. The van der Waals surface area contributed by atoms with Crippen molar-refractivity contribution >= 4 is 11.8 Å². The molecule has 16 heavy (non-hydrogen) atoms. The Balaban J connectivity index is 2.43. The molecule has 2 N–H and O–H groups in total. The largest absolute Gasteiger partial charge is 0.366 e. The Morgan fingerprint density at radius 1 is 1.44 bits per heavy atom. The second-order valence-electron chi connectivity index (χ2n) is 4.04. The summed E-state index contributed by atoms with van der Waals surface area (Å²) in [6.07, 6.45) is 4.66. The summed E-state index contributed by atoms with van der Waals surface area (Å²) in [5.74, 6) is 2.19. The summed E-state index contributed by atoms with van der Waals surface area (Å²) >= 11 is 0. The lowest BCUT2D eigenvalue weighted by Crippen LogP contribution is -2.09. The molecule has 1 aromatic heterocycles. The Kier molecular flexibility index (Phi) is 5.32. The molecule has 0 saturated carbocycles. The zero-order chi connectivity index (χ0) is 11.8. The molecule has 0 amide bonds. The van der Waals surface area contributed by atoms with Gasteiger partial charge < -0.3 is 10.6 Å². The summed E-state index contributed by atoms with van der Waals surface area (Å²) in [4.78, 5) is 8.48. The van der Waals surface area contributed by atoms with Crippen molar-refractivity contribution in [1.82, 2.24) is 9.97 Å². The Hall–Kier alpha value is -1.58. The van der Waals surface area contributed by atoms with Gasteiger partial charge in [0, 0.05) is 19.3 Å². The van der Waals surface area contributed by atoms with Gasteiger partial charge in [0.05, 0.1) is 0 Å². The van der Waals surface area contributed by atoms with E-state index in [2.05, 4.69) is 41.0 Å². The minimum atomic E-state index is 0.676. The Labute approximate surface area is 97.2 Å². The molecule has 1 aromatic rings. The number of aromatic nitrogens is 2. The maximum absolute atomic E-state index is 4.33. The molecule has 0 bridgehead atoms. The van der Waals surface area contributed by atoms with E-state index in [1.807, 2.05) is 6.07 Å². The lowest BCUT2D eigenvalue weighted by atomic mass is 10.1. The van der Waals surface area contributed by atoms with E-state index >= 15 is 0 Å². The van der Waals surface area contributed by atoms with Crippen LogP contribution in [0.5, 0.6) is 0 Å². The molecule has 0 unspecified atom stereocenters. The zero-order valence-corrected chi connectivity index (χ0v) is 10.0. The molecular weight excluding hydrogens is 200 g/mol. The van der Waals surface area contributed by atoms with Crippen LogP contribution in [0.25, 0.3) is 0 Å². The monoisotopic (exact) mass is 220 g/mol. The van der Waals surface area contributed by atoms with Crippen molar-refractivity contribution in [3.05, 3.63) is 24.9 Å². The van der Waals surface area contributed by atoms with Crippen LogP contribution in [0.3, 0.4) is 0 Å². The predicted octanol–water partition coefficient (Wildman–Crippen LogP) is 2.53. The first kappa shape index (κ1) is 12.5. The second-order valence-corrected chi connectivity index (χ2v) is 4.04. The van der Waals surface area contributed by atoms with E-state index in [1.54, 1.807) is 12.3 Å².